The van der Waals surface area contributed by atoms with Crippen molar-refractivity contribution in [2.24, 2.45) is 0 Å². The van der Waals surface area contributed by atoms with Crippen LogP contribution < -0.4 is 5.32 Å². The van der Waals surface area contributed by atoms with Crippen molar-refractivity contribution in [1.29, 1.82) is 0 Å². The van der Waals surface area contributed by atoms with Gasteiger partial charge in [0.2, 0.25) is 0 Å². The molecule has 1 aliphatic carbocycles. The lowest BCUT2D eigenvalue weighted by atomic mass is 9.98. The zero-order valence-corrected chi connectivity index (χ0v) is 14.4. The number of hydrogen-bond acceptors (Lipinski definition) is 5. The molecule has 0 unspecified atom stereocenters. The summed E-state index contributed by atoms with van der Waals surface area (Å²) in [5, 5.41) is 3.17. The zero-order valence-electron chi connectivity index (χ0n) is 12.8. The van der Waals surface area contributed by atoms with E-state index in [0.717, 1.165) is 26.0 Å². The third-order valence-electron chi connectivity index (χ3n) is 3.66. The van der Waals surface area contributed by atoms with E-state index in [1.807, 2.05) is 0 Å². The Morgan fingerprint density at radius 2 is 1.76 bits per heavy atom. The molecule has 0 atom stereocenters. The molecule has 0 saturated heterocycles. The van der Waals surface area contributed by atoms with Crippen molar-refractivity contribution in [2.75, 3.05) is 25.4 Å². The lowest BCUT2D eigenvalue weighted by Crippen LogP contribution is -2.19. The number of unbranched alkanes of at least 4 members (excludes halogenated alkanes) is 3. The van der Waals surface area contributed by atoms with Crippen molar-refractivity contribution in [2.45, 2.75) is 63.9 Å². The largest absolute Gasteiger partial charge is 0.378 e. The highest BCUT2D eigenvalue weighted by atomic mass is 33.1. The standard InChI is InChI=1S/C14H29NO4S2/c16-21(17,18)20-13-11-15-10-6-1-2-7-12-19-14-8-4-3-5-9-14/h14-15H,1-13H2,(H,16,17,18). The van der Waals surface area contributed by atoms with E-state index in [-0.39, 0.29) is 0 Å². The van der Waals surface area contributed by atoms with Gasteiger partial charge in [-0.15, -0.1) is 0 Å². The van der Waals surface area contributed by atoms with E-state index in [2.05, 4.69) is 5.32 Å². The van der Waals surface area contributed by atoms with Crippen LogP contribution in [-0.2, 0) is 13.9 Å². The number of rotatable bonds is 12. The second-order valence-corrected chi connectivity index (χ2v) is 9.01. The Bertz CT molecular complexity index is 343. The first-order valence-electron chi connectivity index (χ1n) is 8.02. The van der Waals surface area contributed by atoms with Crippen molar-refractivity contribution in [1.82, 2.24) is 5.32 Å². The van der Waals surface area contributed by atoms with E-state index in [1.54, 1.807) is 0 Å². The summed E-state index contributed by atoms with van der Waals surface area (Å²) in [6, 6.07) is 0. The highest BCUT2D eigenvalue weighted by molar-refractivity contribution is 8.69. The third kappa shape index (κ3) is 12.4. The first-order valence-corrected chi connectivity index (χ1v) is 11.0. The zero-order chi connectivity index (χ0) is 15.4. The minimum Gasteiger partial charge on any atom is -0.378 e. The van der Waals surface area contributed by atoms with Crippen molar-refractivity contribution < 1.29 is 17.7 Å². The second kappa shape index (κ2) is 11.7. The molecule has 1 aliphatic rings. The molecule has 5 nitrogen and oxygen atoms in total. The van der Waals surface area contributed by atoms with Crippen molar-refractivity contribution in [3.8, 4) is 0 Å². The smallest absolute Gasteiger partial charge is 0.319 e. The molecule has 126 valence electrons. The highest BCUT2D eigenvalue weighted by Gasteiger charge is 2.12. The van der Waals surface area contributed by atoms with E-state index < -0.39 is 9.15 Å². The van der Waals surface area contributed by atoms with Gasteiger partial charge < -0.3 is 10.1 Å². The minimum absolute atomic E-state index is 0.383. The maximum absolute atomic E-state index is 10.5. The topological polar surface area (TPSA) is 75.6 Å². The second-order valence-electron chi connectivity index (χ2n) is 5.54. The summed E-state index contributed by atoms with van der Waals surface area (Å²) in [5.74, 6) is 0.383. The normalized spacial score (nSPS) is 17.2. The van der Waals surface area contributed by atoms with Crippen LogP contribution in [0, 0.1) is 0 Å². The van der Waals surface area contributed by atoms with Gasteiger partial charge in [-0.2, -0.15) is 8.42 Å². The number of nitrogens with one attached hydrogen (secondary N) is 1. The Balaban J connectivity index is 1.76. The molecule has 0 aliphatic heterocycles. The lowest BCUT2D eigenvalue weighted by molar-refractivity contribution is 0.0263. The molecule has 0 aromatic rings. The van der Waals surface area contributed by atoms with Crippen LogP contribution >= 0.6 is 10.8 Å². The fourth-order valence-corrected chi connectivity index (χ4v) is 3.85. The van der Waals surface area contributed by atoms with Crippen LogP contribution in [0.25, 0.3) is 0 Å². The van der Waals surface area contributed by atoms with E-state index in [4.69, 9.17) is 9.29 Å². The summed E-state index contributed by atoms with van der Waals surface area (Å²) in [4.78, 5) is 0. The van der Waals surface area contributed by atoms with E-state index in [9.17, 15) is 8.42 Å². The molecule has 0 heterocycles. The van der Waals surface area contributed by atoms with Gasteiger partial charge in [0.05, 0.1) is 6.10 Å². The van der Waals surface area contributed by atoms with Crippen molar-refractivity contribution >= 4 is 19.9 Å². The van der Waals surface area contributed by atoms with Gasteiger partial charge in [-0.05, 0) is 43.0 Å². The van der Waals surface area contributed by atoms with Crippen LogP contribution in [0.15, 0.2) is 0 Å². The molecule has 21 heavy (non-hydrogen) atoms. The molecule has 0 bridgehead atoms. The average Bonchev–Trinajstić information content (AvgIpc) is 2.44. The molecule has 1 saturated carbocycles. The molecule has 0 aromatic carbocycles. The van der Waals surface area contributed by atoms with Gasteiger partial charge in [-0.25, -0.2) is 0 Å². The number of ether oxygens (including phenoxy) is 1. The van der Waals surface area contributed by atoms with Gasteiger partial charge in [0.15, 0.2) is 0 Å². The van der Waals surface area contributed by atoms with Gasteiger partial charge in [0.25, 0.3) is 0 Å². The predicted molar refractivity (Wildman–Crippen MR) is 88.2 cm³/mol. The Labute approximate surface area is 132 Å². The van der Waals surface area contributed by atoms with Crippen LogP contribution in [0.5, 0.6) is 0 Å². The molecule has 1 fully saturated rings. The fraction of sp³-hybridized carbons (Fsp3) is 1.00. The maximum atomic E-state index is 10.5. The predicted octanol–water partition coefficient (Wildman–Crippen LogP) is 3.02. The summed E-state index contributed by atoms with van der Waals surface area (Å²) in [6.07, 6.45) is 11.6. The quantitative estimate of drug-likeness (QED) is 0.323. The summed E-state index contributed by atoms with van der Waals surface area (Å²) in [7, 11) is -3.31. The molecular formula is C14H29NO4S2. The highest BCUT2D eigenvalue weighted by Crippen LogP contribution is 2.20. The summed E-state index contributed by atoms with van der Waals surface area (Å²) in [6.45, 7) is 2.40. The third-order valence-corrected chi connectivity index (χ3v) is 5.73. The van der Waals surface area contributed by atoms with Crippen LogP contribution in [0.4, 0.5) is 0 Å². The van der Waals surface area contributed by atoms with Gasteiger partial charge in [0, 0.05) is 18.9 Å². The Hall–Kier alpha value is 0.180. The Morgan fingerprint density at radius 1 is 1.05 bits per heavy atom. The van der Waals surface area contributed by atoms with Gasteiger partial charge >= 0.3 is 9.15 Å². The minimum atomic E-state index is -3.88. The molecule has 0 aromatic heterocycles. The van der Waals surface area contributed by atoms with Crippen LogP contribution in [0.3, 0.4) is 0 Å². The van der Waals surface area contributed by atoms with Gasteiger partial charge in [-0.3, -0.25) is 4.55 Å². The average molecular weight is 340 g/mol. The SMILES string of the molecule is O=S(=O)(O)SCCNCCCCCCOC1CCCCC1. The van der Waals surface area contributed by atoms with Gasteiger partial charge in [0.1, 0.15) is 0 Å². The van der Waals surface area contributed by atoms with Crippen LogP contribution in [-0.4, -0.2) is 44.5 Å². The van der Waals surface area contributed by atoms with Crippen molar-refractivity contribution in [3.05, 3.63) is 0 Å². The lowest BCUT2D eigenvalue weighted by Gasteiger charge is -2.21. The van der Waals surface area contributed by atoms with Crippen LogP contribution in [0.1, 0.15) is 57.8 Å². The van der Waals surface area contributed by atoms with E-state index >= 15 is 0 Å². The summed E-state index contributed by atoms with van der Waals surface area (Å²) < 4.78 is 35.3. The first kappa shape index (κ1) is 19.2. The van der Waals surface area contributed by atoms with Crippen molar-refractivity contribution in [3.63, 3.8) is 0 Å². The van der Waals surface area contributed by atoms with Crippen LogP contribution in [0.2, 0.25) is 0 Å². The van der Waals surface area contributed by atoms with E-state index in [0.29, 0.717) is 29.2 Å². The summed E-state index contributed by atoms with van der Waals surface area (Å²) >= 11 is 0. The molecule has 0 spiro atoms. The number of hydrogen-bond donors (Lipinski definition) is 2. The molecule has 0 amide bonds. The Kier molecular flexibility index (Phi) is 10.7. The first-order chi connectivity index (χ1) is 10.1. The maximum Gasteiger partial charge on any atom is 0.319 e. The molecule has 0 radical (unpaired) electrons. The summed E-state index contributed by atoms with van der Waals surface area (Å²) in [5.41, 5.74) is 0. The Morgan fingerprint density at radius 3 is 2.48 bits per heavy atom. The molecule has 2 N–H and O–H groups in total. The molecule has 1 rings (SSSR count). The monoisotopic (exact) mass is 339 g/mol. The molecule has 7 heteroatoms. The van der Waals surface area contributed by atoms with E-state index in [1.165, 1.54) is 44.9 Å². The van der Waals surface area contributed by atoms with Gasteiger partial charge in [-0.1, -0.05) is 32.1 Å². The molecular weight excluding hydrogens is 310 g/mol. The fourth-order valence-electron chi connectivity index (χ4n) is 2.53.